The quantitative estimate of drug-likeness (QED) is 0.580. The zero-order valence-electron chi connectivity index (χ0n) is 10.4. The first-order valence-electron chi connectivity index (χ1n) is 5.51. The second-order valence-corrected chi connectivity index (χ2v) is 8.75. The Balaban J connectivity index is 2.25. The molecule has 0 aliphatic rings. The molecule has 21 heavy (non-hydrogen) atoms. The van der Waals surface area contributed by atoms with Crippen LogP contribution in [0, 0.1) is 0 Å². The second kappa shape index (κ2) is 5.84. The Bertz CT molecular complexity index is 830. The summed E-state index contributed by atoms with van der Waals surface area (Å²) in [7, 11) is -8.45. The maximum Gasteiger partial charge on any atom is 0.340 e. The largest absolute Gasteiger partial charge is 0.340 e. The van der Waals surface area contributed by atoms with Crippen molar-refractivity contribution >= 4 is 29.0 Å². The average molecular weight is 350 g/mol. The predicted octanol–water partition coefficient (Wildman–Crippen LogP) is 0.517. The van der Waals surface area contributed by atoms with Crippen molar-refractivity contribution in [1.29, 1.82) is 0 Å². The highest BCUT2D eigenvalue weighted by atomic mass is 32.2. The molecule has 0 unspecified atom stereocenters. The molecule has 0 radical (unpaired) electrons. The van der Waals surface area contributed by atoms with E-state index in [0.29, 0.717) is 10.4 Å². The van der Waals surface area contributed by atoms with E-state index in [1.807, 2.05) is 4.72 Å². The predicted molar refractivity (Wildman–Crippen MR) is 77.6 cm³/mol. The van der Waals surface area contributed by atoms with Crippen LogP contribution in [0.4, 0.5) is 0 Å². The molecule has 114 valence electrons. The van der Waals surface area contributed by atoms with E-state index in [2.05, 4.69) is 4.98 Å². The molecule has 4 N–H and O–H groups in total. The first kappa shape index (κ1) is 16.1. The van der Waals surface area contributed by atoms with E-state index in [0.717, 1.165) is 11.3 Å². The fourth-order valence-electron chi connectivity index (χ4n) is 1.42. The Hall–Kier alpha value is -1.29. The van der Waals surface area contributed by atoms with Crippen molar-refractivity contribution in [3.8, 4) is 10.4 Å². The third kappa shape index (κ3) is 4.34. The number of hydrogen-bond acceptors (Lipinski definition) is 5. The Morgan fingerprint density at radius 2 is 1.95 bits per heavy atom. The van der Waals surface area contributed by atoms with Gasteiger partial charge in [0.05, 0.1) is 0 Å². The summed E-state index contributed by atoms with van der Waals surface area (Å²) in [5.74, 6) is 0. The molecule has 0 bridgehead atoms. The molecule has 0 saturated heterocycles. The molecular weight excluding hydrogens is 339 g/mol. The monoisotopic (exact) mass is 350 g/mol. The minimum absolute atomic E-state index is 0.0721. The molecule has 0 saturated carbocycles. The smallest absolute Gasteiger partial charge is 0.328 e. The van der Waals surface area contributed by atoms with Gasteiger partial charge < -0.3 is 14.8 Å². The minimum Gasteiger partial charge on any atom is -0.328 e. The Kier molecular flexibility index (Phi) is 4.47. The zero-order valence-corrected chi connectivity index (χ0v) is 12.9. The van der Waals surface area contributed by atoms with Gasteiger partial charge in [-0.15, -0.1) is 11.3 Å². The van der Waals surface area contributed by atoms with Gasteiger partial charge in [0.15, 0.2) is 0 Å². The number of aromatic nitrogens is 1. The lowest BCUT2D eigenvalue weighted by atomic mass is 10.2. The third-order valence-corrected chi connectivity index (χ3v) is 6.19. The summed E-state index contributed by atoms with van der Waals surface area (Å²) < 4.78 is 36.2. The van der Waals surface area contributed by atoms with Gasteiger partial charge in [-0.25, -0.2) is 8.42 Å². The summed E-state index contributed by atoms with van der Waals surface area (Å²) in [6, 6.07) is 5.73. The van der Waals surface area contributed by atoms with Crippen LogP contribution >= 0.6 is 18.9 Å². The second-order valence-electron chi connectivity index (χ2n) is 4.03. The number of hydrogen-bond donors (Lipinski definition) is 4. The van der Waals surface area contributed by atoms with Crippen LogP contribution in [-0.4, -0.2) is 29.5 Å². The van der Waals surface area contributed by atoms with Crippen LogP contribution in [0.1, 0.15) is 0 Å². The lowest BCUT2D eigenvalue weighted by Gasteiger charge is -2.05. The van der Waals surface area contributed by atoms with E-state index in [9.17, 15) is 17.8 Å². The number of nitrogens with one attached hydrogen (secondary N) is 2. The van der Waals surface area contributed by atoms with Crippen molar-refractivity contribution in [2.24, 2.45) is 0 Å². The number of pyridine rings is 1. The Morgan fingerprint density at radius 3 is 2.52 bits per heavy atom. The molecule has 2 heterocycles. The standard InChI is InChI=1S/C10H11N2O6PS2/c13-9-3-1-7(5-11-9)8-2-4-10(20-8)21(17,18)12-6-19(14,15)16/h1-5,12H,6H2,(H,11,13)(H2,14,15,16). The van der Waals surface area contributed by atoms with Crippen molar-refractivity contribution in [1.82, 2.24) is 9.71 Å². The van der Waals surface area contributed by atoms with E-state index in [4.69, 9.17) is 9.79 Å². The van der Waals surface area contributed by atoms with Crippen LogP contribution < -0.4 is 10.3 Å². The van der Waals surface area contributed by atoms with Gasteiger partial charge in [-0.3, -0.25) is 9.36 Å². The molecular formula is C10H11N2O6PS2. The maximum absolute atomic E-state index is 11.9. The van der Waals surface area contributed by atoms with Crippen molar-refractivity contribution in [3.05, 3.63) is 40.8 Å². The molecule has 0 atom stereocenters. The van der Waals surface area contributed by atoms with Crippen molar-refractivity contribution in [2.75, 3.05) is 6.29 Å². The summed E-state index contributed by atoms with van der Waals surface area (Å²) in [6.07, 6.45) is 0.495. The van der Waals surface area contributed by atoms with Gasteiger partial charge in [0.2, 0.25) is 5.56 Å². The maximum atomic E-state index is 11.9. The summed E-state index contributed by atoms with van der Waals surface area (Å²) in [4.78, 5) is 31.4. The first-order chi connectivity index (χ1) is 9.67. The first-order valence-corrected chi connectivity index (χ1v) is 9.60. The van der Waals surface area contributed by atoms with E-state index in [1.165, 1.54) is 18.3 Å². The molecule has 0 aliphatic carbocycles. The van der Waals surface area contributed by atoms with Crippen molar-refractivity contribution in [2.45, 2.75) is 4.21 Å². The zero-order chi connectivity index (χ0) is 15.7. The molecule has 11 heteroatoms. The summed E-state index contributed by atoms with van der Waals surface area (Å²) >= 11 is 0.924. The highest BCUT2D eigenvalue weighted by Crippen LogP contribution is 2.34. The summed E-state index contributed by atoms with van der Waals surface area (Å²) in [6.45, 7) is 0. The molecule has 0 aromatic carbocycles. The fourth-order valence-corrected chi connectivity index (χ4v) is 4.78. The lowest BCUT2D eigenvalue weighted by molar-refractivity contribution is 0.371. The molecule has 8 nitrogen and oxygen atoms in total. The molecule has 2 aromatic heterocycles. The van der Waals surface area contributed by atoms with Crippen LogP contribution in [-0.2, 0) is 14.6 Å². The van der Waals surface area contributed by atoms with E-state index in [-0.39, 0.29) is 9.77 Å². The topological polar surface area (TPSA) is 137 Å². The van der Waals surface area contributed by atoms with Crippen LogP contribution in [0.2, 0.25) is 0 Å². The van der Waals surface area contributed by atoms with Crippen LogP contribution in [0.5, 0.6) is 0 Å². The van der Waals surface area contributed by atoms with Crippen LogP contribution in [0.15, 0.2) is 39.5 Å². The Morgan fingerprint density at radius 1 is 1.24 bits per heavy atom. The van der Waals surface area contributed by atoms with E-state index in [1.54, 1.807) is 12.1 Å². The highest BCUT2D eigenvalue weighted by molar-refractivity contribution is 7.92. The van der Waals surface area contributed by atoms with Gasteiger partial charge in [-0.2, -0.15) is 4.72 Å². The minimum atomic E-state index is -4.46. The van der Waals surface area contributed by atoms with Crippen molar-refractivity contribution in [3.63, 3.8) is 0 Å². The number of aromatic amines is 1. The van der Waals surface area contributed by atoms with Gasteiger partial charge in [0.25, 0.3) is 10.0 Å². The Labute approximate surface area is 123 Å². The molecule has 2 aromatic rings. The highest BCUT2D eigenvalue weighted by Gasteiger charge is 2.22. The number of thiophene rings is 1. The third-order valence-electron chi connectivity index (χ3n) is 2.38. The van der Waals surface area contributed by atoms with E-state index < -0.39 is 23.9 Å². The van der Waals surface area contributed by atoms with Crippen LogP contribution in [0.3, 0.4) is 0 Å². The molecule has 2 rings (SSSR count). The molecule has 0 spiro atoms. The fraction of sp³-hybridized carbons (Fsp3) is 0.100. The van der Waals surface area contributed by atoms with Crippen LogP contribution in [0.25, 0.3) is 10.4 Å². The van der Waals surface area contributed by atoms with Gasteiger partial charge in [-0.05, 0) is 18.2 Å². The van der Waals surface area contributed by atoms with Gasteiger partial charge in [0, 0.05) is 22.7 Å². The lowest BCUT2D eigenvalue weighted by Crippen LogP contribution is -2.23. The summed E-state index contributed by atoms with van der Waals surface area (Å²) in [5, 5.41) is 0. The van der Waals surface area contributed by atoms with Gasteiger partial charge in [0.1, 0.15) is 10.5 Å². The number of H-pyrrole nitrogens is 1. The summed E-state index contributed by atoms with van der Waals surface area (Å²) in [5.41, 5.74) is 0.363. The normalized spacial score (nSPS) is 12.5. The number of sulfonamides is 1. The van der Waals surface area contributed by atoms with E-state index >= 15 is 0 Å². The SMILES string of the molecule is O=c1ccc(-c2ccc(S(=O)(=O)NCP(=O)(O)O)s2)c[nH]1. The van der Waals surface area contributed by atoms with Gasteiger partial charge >= 0.3 is 7.60 Å². The average Bonchev–Trinajstić information content (AvgIpc) is 2.87. The number of rotatable bonds is 5. The molecule has 0 amide bonds. The molecule has 0 aliphatic heterocycles. The van der Waals surface area contributed by atoms with Crippen molar-refractivity contribution < 1.29 is 22.8 Å². The molecule has 0 fully saturated rings. The van der Waals surface area contributed by atoms with Gasteiger partial charge in [-0.1, -0.05) is 0 Å².